The van der Waals surface area contributed by atoms with Gasteiger partial charge in [-0.3, -0.25) is 4.68 Å². The van der Waals surface area contributed by atoms with Gasteiger partial charge >= 0.3 is 6.18 Å². The number of halogens is 3. The van der Waals surface area contributed by atoms with E-state index in [9.17, 15) is 13.2 Å². The van der Waals surface area contributed by atoms with E-state index in [-0.39, 0.29) is 20.1 Å². The number of hydrogen-bond acceptors (Lipinski definition) is 1. The third-order valence-corrected chi connectivity index (χ3v) is 2.52. The zero-order chi connectivity index (χ0) is 13.2. The van der Waals surface area contributed by atoms with Crippen LogP contribution in [0.3, 0.4) is 0 Å². The zero-order valence-corrected chi connectivity index (χ0v) is 12.6. The quantitative estimate of drug-likeness (QED) is 0.660. The third kappa shape index (κ3) is 3.91. The van der Waals surface area contributed by atoms with Crippen LogP contribution in [0.25, 0.3) is 5.69 Å². The van der Waals surface area contributed by atoms with E-state index >= 15 is 0 Å². The molecular formula is C13H12F3IrN2-. The van der Waals surface area contributed by atoms with E-state index in [1.54, 1.807) is 12.1 Å². The van der Waals surface area contributed by atoms with E-state index in [4.69, 9.17) is 0 Å². The summed E-state index contributed by atoms with van der Waals surface area (Å²) >= 11 is 0. The SMILES string of the molecule is CCCc1[c-]c(-n2cc(C(F)(F)F)cn2)ccc1.[Ir]. The van der Waals surface area contributed by atoms with Crippen molar-refractivity contribution in [3.63, 3.8) is 0 Å². The number of aromatic nitrogens is 2. The Kier molecular flexibility index (Phi) is 5.32. The Morgan fingerprint density at radius 3 is 2.63 bits per heavy atom. The van der Waals surface area contributed by atoms with Crippen molar-refractivity contribution >= 4 is 0 Å². The second-order valence-electron chi connectivity index (χ2n) is 3.98. The van der Waals surface area contributed by atoms with Gasteiger partial charge in [-0.25, -0.2) is 0 Å². The maximum atomic E-state index is 12.5. The summed E-state index contributed by atoms with van der Waals surface area (Å²) in [5.74, 6) is 0. The number of benzene rings is 1. The average molecular weight is 445 g/mol. The first-order valence-electron chi connectivity index (χ1n) is 5.64. The molecule has 1 aromatic heterocycles. The molecule has 0 aliphatic heterocycles. The molecule has 2 aromatic rings. The van der Waals surface area contributed by atoms with Crippen molar-refractivity contribution < 1.29 is 33.3 Å². The fourth-order valence-electron chi connectivity index (χ4n) is 1.65. The van der Waals surface area contributed by atoms with Crippen molar-refractivity contribution in [2.45, 2.75) is 25.9 Å². The van der Waals surface area contributed by atoms with Crippen LogP contribution in [-0.2, 0) is 32.7 Å². The smallest absolute Gasteiger partial charge is 0.265 e. The van der Waals surface area contributed by atoms with Crippen molar-refractivity contribution in [3.8, 4) is 5.69 Å². The van der Waals surface area contributed by atoms with Crippen molar-refractivity contribution in [1.82, 2.24) is 9.78 Å². The molecule has 0 aliphatic rings. The van der Waals surface area contributed by atoms with Crippen LogP contribution in [0, 0.1) is 6.07 Å². The molecule has 0 saturated carbocycles. The normalized spacial score (nSPS) is 11.2. The van der Waals surface area contributed by atoms with E-state index in [0.717, 1.165) is 30.8 Å². The summed E-state index contributed by atoms with van der Waals surface area (Å²) in [5.41, 5.74) is 0.743. The largest absolute Gasteiger partial charge is 0.419 e. The van der Waals surface area contributed by atoms with E-state index in [1.165, 1.54) is 4.68 Å². The van der Waals surface area contributed by atoms with Gasteiger partial charge in [-0.1, -0.05) is 19.8 Å². The standard InChI is InChI=1S/C13H12F3N2.Ir/c1-2-4-10-5-3-6-12(7-10)18-9-11(8-17-18)13(14,15)16;/h3,5-6,8-9H,2,4H2,1H3;/q-1;. The van der Waals surface area contributed by atoms with E-state index < -0.39 is 11.7 Å². The molecule has 0 saturated heterocycles. The Labute approximate surface area is 123 Å². The van der Waals surface area contributed by atoms with E-state index in [0.29, 0.717) is 5.69 Å². The van der Waals surface area contributed by atoms with Gasteiger partial charge in [-0.2, -0.15) is 42.0 Å². The zero-order valence-electron chi connectivity index (χ0n) is 10.2. The molecule has 0 bridgehead atoms. The molecule has 0 fully saturated rings. The van der Waals surface area contributed by atoms with Crippen LogP contribution in [0.1, 0.15) is 24.5 Å². The van der Waals surface area contributed by atoms with Crippen molar-refractivity contribution in [3.05, 3.63) is 47.8 Å². The van der Waals surface area contributed by atoms with Gasteiger partial charge in [0.1, 0.15) is 0 Å². The Morgan fingerprint density at radius 2 is 2.05 bits per heavy atom. The van der Waals surface area contributed by atoms with Crippen LogP contribution in [0.15, 0.2) is 30.6 Å². The van der Waals surface area contributed by atoms with E-state index in [1.807, 2.05) is 13.0 Å². The van der Waals surface area contributed by atoms with Gasteiger partial charge in [0.05, 0.1) is 11.8 Å². The van der Waals surface area contributed by atoms with Crippen LogP contribution in [0.2, 0.25) is 0 Å². The topological polar surface area (TPSA) is 17.8 Å². The first-order valence-corrected chi connectivity index (χ1v) is 5.64. The van der Waals surface area contributed by atoms with Gasteiger partial charge in [0, 0.05) is 26.3 Å². The van der Waals surface area contributed by atoms with Crippen molar-refractivity contribution in [2.24, 2.45) is 0 Å². The second-order valence-corrected chi connectivity index (χ2v) is 3.98. The molecule has 2 nitrogen and oxygen atoms in total. The maximum absolute atomic E-state index is 12.5. The van der Waals surface area contributed by atoms with Gasteiger partial charge in [0.2, 0.25) is 0 Å². The monoisotopic (exact) mass is 446 g/mol. The molecule has 2 rings (SSSR count). The summed E-state index contributed by atoms with van der Waals surface area (Å²) < 4.78 is 38.6. The minimum Gasteiger partial charge on any atom is -0.265 e. The molecule has 0 aliphatic carbocycles. The van der Waals surface area contributed by atoms with Crippen LogP contribution in [0.4, 0.5) is 13.2 Å². The Bertz CT molecular complexity index is 535. The fraction of sp³-hybridized carbons (Fsp3) is 0.308. The van der Waals surface area contributed by atoms with Crippen LogP contribution < -0.4 is 0 Å². The summed E-state index contributed by atoms with van der Waals surface area (Å²) in [6.07, 6.45) is -0.755. The summed E-state index contributed by atoms with van der Waals surface area (Å²) in [6.45, 7) is 2.04. The minimum atomic E-state index is -4.36. The number of alkyl halides is 3. The molecule has 0 N–H and O–H groups in total. The maximum Gasteiger partial charge on any atom is 0.419 e. The molecule has 1 aromatic carbocycles. The van der Waals surface area contributed by atoms with Crippen LogP contribution in [0.5, 0.6) is 0 Å². The minimum absolute atomic E-state index is 0. The second kappa shape index (κ2) is 6.35. The molecule has 105 valence electrons. The van der Waals surface area contributed by atoms with E-state index in [2.05, 4.69) is 11.2 Å². The van der Waals surface area contributed by atoms with Gasteiger partial charge in [0.25, 0.3) is 0 Å². The predicted molar refractivity (Wildman–Crippen MR) is 61.4 cm³/mol. The molecule has 19 heavy (non-hydrogen) atoms. The first-order chi connectivity index (χ1) is 8.50. The van der Waals surface area contributed by atoms with Gasteiger partial charge in [-0.15, -0.1) is 6.07 Å². The Morgan fingerprint density at radius 1 is 1.32 bits per heavy atom. The summed E-state index contributed by atoms with van der Waals surface area (Å²) in [4.78, 5) is 0. The molecule has 0 spiro atoms. The third-order valence-electron chi connectivity index (χ3n) is 2.52. The molecule has 1 radical (unpaired) electrons. The number of nitrogens with zero attached hydrogens (tertiary/aromatic N) is 2. The molecule has 0 unspecified atom stereocenters. The van der Waals surface area contributed by atoms with Gasteiger partial charge in [0.15, 0.2) is 0 Å². The number of hydrogen-bond donors (Lipinski definition) is 0. The van der Waals surface area contributed by atoms with Crippen LogP contribution >= 0.6 is 0 Å². The van der Waals surface area contributed by atoms with Crippen molar-refractivity contribution in [2.75, 3.05) is 0 Å². The van der Waals surface area contributed by atoms with Gasteiger partial charge in [-0.05, 0) is 5.69 Å². The molecule has 1 heterocycles. The fourth-order valence-corrected chi connectivity index (χ4v) is 1.65. The molecule has 0 atom stereocenters. The number of aryl methyl sites for hydroxylation is 1. The first kappa shape index (κ1) is 15.9. The van der Waals surface area contributed by atoms with Crippen LogP contribution in [-0.4, -0.2) is 9.78 Å². The van der Waals surface area contributed by atoms with Gasteiger partial charge < -0.3 is 0 Å². The Hall–Kier alpha value is -1.13. The molecule has 6 heteroatoms. The molecular weight excluding hydrogens is 433 g/mol. The predicted octanol–water partition coefficient (Wildman–Crippen LogP) is 3.64. The summed E-state index contributed by atoms with van der Waals surface area (Å²) in [6, 6.07) is 8.45. The van der Waals surface area contributed by atoms with Crippen molar-refractivity contribution in [1.29, 1.82) is 0 Å². The Balaban J connectivity index is 0.00000180. The molecule has 0 amide bonds. The number of rotatable bonds is 3. The average Bonchev–Trinajstić information content (AvgIpc) is 2.78. The summed E-state index contributed by atoms with van der Waals surface area (Å²) in [5, 5.41) is 3.72. The summed E-state index contributed by atoms with van der Waals surface area (Å²) in [7, 11) is 0.